The number of urea groups is 1. The predicted octanol–water partition coefficient (Wildman–Crippen LogP) is 3.84. The summed E-state index contributed by atoms with van der Waals surface area (Å²) in [5, 5.41) is 11.8. The van der Waals surface area contributed by atoms with Crippen molar-refractivity contribution < 1.29 is 14.3 Å². The monoisotopic (exact) mass is 431 g/mol. The van der Waals surface area contributed by atoms with E-state index >= 15 is 0 Å². The number of amides is 2. The second-order valence-corrected chi connectivity index (χ2v) is 8.07. The molecule has 0 saturated carbocycles. The van der Waals surface area contributed by atoms with Gasteiger partial charge < -0.3 is 24.6 Å². The lowest BCUT2D eigenvalue weighted by Gasteiger charge is -2.35. The van der Waals surface area contributed by atoms with Crippen LogP contribution in [0.3, 0.4) is 0 Å². The lowest BCUT2D eigenvalue weighted by atomic mass is 10.1. The van der Waals surface area contributed by atoms with Gasteiger partial charge in [0.15, 0.2) is 17.3 Å². The molecule has 5 rings (SSSR count). The summed E-state index contributed by atoms with van der Waals surface area (Å²) in [5.41, 5.74) is 4.81. The van der Waals surface area contributed by atoms with E-state index in [1.165, 1.54) is 5.56 Å². The topological polar surface area (TPSA) is 79.8 Å². The van der Waals surface area contributed by atoms with Gasteiger partial charge in [-0.05, 0) is 55.8 Å². The molecule has 0 unspecified atom stereocenters. The fourth-order valence-corrected chi connectivity index (χ4v) is 3.99. The van der Waals surface area contributed by atoms with E-state index in [4.69, 9.17) is 9.47 Å². The summed E-state index contributed by atoms with van der Waals surface area (Å²) < 4.78 is 10.8. The first kappa shape index (κ1) is 20.1. The summed E-state index contributed by atoms with van der Waals surface area (Å²) in [6.45, 7) is 6.97. The number of piperazine rings is 1. The van der Waals surface area contributed by atoms with Gasteiger partial charge in [-0.15, -0.1) is 10.2 Å². The molecule has 8 nitrogen and oxygen atoms in total. The summed E-state index contributed by atoms with van der Waals surface area (Å²) in [7, 11) is 0. The fraction of sp³-hybridized carbons (Fsp3) is 0.292. The van der Waals surface area contributed by atoms with Crippen LogP contribution < -0.4 is 19.7 Å². The van der Waals surface area contributed by atoms with E-state index in [0.717, 1.165) is 39.8 Å². The van der Waals surface area contributed by atoms with E-state index in [-0.39, 0.29) is 12.8 Å². The number of fused-ring (bicyclic) bond motifs is 1. The summed E-state index contributed by atoms with van der Waals surface area (Å²) in [6, 6.07) is 15.6. The molecular formula is C24H25N5O3. The molecule has 32 heavy (non-hydrogen) atoms. The second-order valence-electron chi connectivity index (χ2n) is 8.07. The molecule has 2 amide bonds. The molecule has 0 aliphatic carbocycles. The first-order valence-corrected chi connectivity index (χ1v) is 10.7. The number of nitrogens with zero attached hydrogens (tertiary/aromatic N) is 4. The molecule has 2 aromatic carbocycles. The van der Waals surface area contributed by atoms with Gasteiger partial charge in [0, 0.05) is 37.4 Å². The highest BCUT2D eigenvalue weighted by Gasteiger charge is 2.23. The summed E-state index contributed by atoms with van der Waals surface area (Å²) in [6.07, 6.45) is 0. The molecule has 1 fully saturated rings. The number of carbonyl (C=O) groups is 1. The highest BCUT2D eigenvalue weighted by Crippen LogP contribution is 2.35. The van der Waals surface area contributed by atoms with E-state index < -0.39 is 0 Å². The van der Waals surface area contributed by atoms with Crippen molar-refractivity contribution in [2.45, 2.75) is 13.8 Å². The van der Waals surface area contributed by atoms with Gasteiger partial charge in [-0.25, -0.2) is 4.79 Å². The molecule has 3 heterocycles. The average Bonchev–Trinajstić information content (AvgIpc) is 3.29. The van der Waals surface area contributed by atoms with Crippen LogP contribution in [0.1, 0.15) is 11.1 Å². The molecule has 2 aliphatic rings. The molecule has 1 N–H and O–H groups in total. The number of benzene rings is 2. The Morgan fingerprint density at radius 3 is 2.47 bits per heavy atom. The van der Waals surface area contributed by atoms with Crippen LogP contribution >= 0.6 is 0 Å². The maximum absolute atomic E-state index is 12.7. The van der Waals surface area contributed by atoms with Crippen LogP contribution in [0.4, 0.5) is 16.3 Å². The van der Waals surface area contributed by atoms with Crippen molar-refractivity contribution in [3.05, 3.63) is 59.7 Å². The SMILES string of the molecule is Cc1ccc(NC(=O)N2CCN(c3ccc(-c4ccc5c(c4)OCO5)nn3)CC2)c(C)c1. The second kappa shape index (κ2) is 8.37. The van der Waals surface area contributed by atoms with Gasteiger partial charge in [0.1, 0.15) is 0 Å². The maximum atomic E-state index is 12.7. The number of aryl methyl sites for hydroxylation is 2. The highest BCUT2D eigenvalue weighted by atomic mass is 16.7. The first-order valence-electron chi connectivity index (χ1n) is 10.7. The largest absolute Gasteiger partial charge is 0.454 e. The van der Waals surface area contributed by atoms with Crippen molar-refractivity contribution in [2.75, 3.05) is 43.2 Å². The standard InChI is InChI=1S/C24H25N5O3/c1-16-3-5-19(17(2)13-16)25-24(30)29-11-9-28(10-12-29)23-8-6-20(26-27-23)18-4-7-21-22(14-18)32-15-31-21/h3-8,13-14H,9-12,15H2,1-2H3,(H,25,30). The Hall–Kier alpha value is -3.81. The van der Waals surface area contributed by atoms with Crippen LogP contribution in [0.5, 0.6) is 11.5 Å². The third kappa shape index (κ3) is 4.03. The Kier molecular flexibility index (Phi) is 5.26. The van der Waals surface area contributed by atoms with Crippen molar-refractivity contribution in [3.63, 3.8) is 0 Å². The van der Waals surface area contributed by atoms with Gasteiger partial charge >= 0.3 is 6.03 Å². The van der Waals surface area contributed by atoms with E-state index in [2.05, 4.69) is 26.5 Å². The number of carbonyl (C=O) groups excluding carboxylic acids is 1. The Balaban J connectivity index is 1.19. The van der Waals surface area contributed by atoms with E-state index in [9.17, 15) is 4.79 Å². The molecule has 2 aliphatic heterocycles. The quantitative estimate of drug-likeness (QED) is 0.679. The highest BCUT2D eigenvalue weighted by molar-refractivity contribution is 5.90. The van der Waals surface area contributed by atoms with Gasteiger partial charge in [0.25, 0.3) is 0 Å². The lowest BCUT2D eigenvalue weighted by molar-refractivity contribution is 0.174. The van der Waals surface area contributed by atoms with Crippen LogP contribution in [0.2, 0.25) is 0 Å². The Morgan fingerprint density at radius 1 is 0.906 bits per heavy atom. The predicted molar refractivity (Wildman–Crippen MR) is 122 cm³/mol. The number of rotatable bonds is 3. The van der Waals surface area contributed by atoms with E-state index in [1.54, 1.807) is 0 Å². The fourth-order valence-electron chi connectivity index (χ4n) is 3.99. The van der Waals surface area contributed by atoms with Gasteiger partial charge in [-0.2, -0.15) is 0 Å². The molecular weight excluding hydrogens is 406 g/mol. The minimum atomic E-state index is -0.0687. The molecule has 164 valence electrons. The van der Waals surface area contributed by atoms with Crippen molar-refractivity contribution in [1.29, 1.82) is 0 Å². The molecule has 1 saturated heterocycles. The molecule has 0 radical (unpaired) electrons. The average molecular weight is 431 g/mol. The van der Waals surface area contributed by atoms with Crippen LogP contribution in [0.25, 0.3) is 11.3 Å². The third-order valence-corrected chi connectivity index (χ3v) is 5.83. The molecule has 3 aromatic rings. The normalized spacial score (nSPS) is 15.1. The minimum Gasteiger partial charge on any atom is -0.454 e. The number of ether oxygens (including phenoxy) is 2. The smallest absolute Gasteiger partial charge is 0.321 e. The number of hydrogen-bond acceptors (Lipinski definition) is 6. The third-order valence-electron chi connectivity index (χ3n) is 5.83. The van der Waals surface area contributed by atoms with Gasteiger partial charge in [0.05, 0.1) is 5.69 Å². The van der Waals surface area contributed by atoms with Crippen LogP contribution in [0, 0.1) is 13.8 Å². The Labute approximate surface area is 186 Å². The molecule has 0 bridgehead atoms. The summed E-state index contributed by atoms with van der Waals surface area (Å²) >= 11 is 0. The summed E-state index contributed by atoms with van der Waals surface area (Å²) in [4.78, 5) is 16.7. The van der Waals surface area contributed by atoms with Gasteiger partial charge in [-0.1, -0.05) is 17.7 Å². The minimum absolute atomic E-state index is 0.0687. The Morgan fingerprint density at radius 2 is 1.72 bits per heavy atom. The molecule has 8 heteroatoms. The first-order chi connectivity index (χ1) is 15.6. The van der Waals surface area contributed by atoms with Crippen molar-refractivity contribution >= 4 is 17.5 Å². The maximum Gasteiger partial charge on any atom is 0.321 e. The lowest BCUT2D eigenvalue weighted by Crippen LogP contribution is -2.50. The van der Waals surface area contributed by atoms with Crippen LogP contribution in [0.15, 0.2) is 48.5 Å². The van der Waals surface area contributed by atoms with E-state index in [0.29, 0.717) is 26.2 Å². The molecule has 0 atom stereocenters. The zero-order valence-electron chi connectivity index (χ0n) is 18.2. The number of hydrogen-bond donors (Lipinski definition) is 1. The van der Waals surface area contributed by atoms with Crippen molar-refractivity contribution in [2.24, 2.45) is 0 Å². The van der Waals surface area contributed by atoms with Crippen LogP contribution in [-0.2, 0) is 0 Å². The number of aromatic nitrogens is 2. The van der Waals surface area contributed by atoms with Crippen molar-refractivity contribution in [1.82, 2.24) is 15.1 Å². The van der Waals surface area contributed by atoms with Crippen molar-refractivity contribution in [3.8, 4) is 22.8 Å². The number of nitrogens with one attached hydrogen (secondary N) is 1. The zero-order valence-corrected chi connectivity index (χ0v) is 18.2. The molecule has 1 aromatic heterocycles. The summed E-state index contributed by atoms with van der Waals surface area (Å²) in [5.74, 6) is 2.28. The zero-order chi connectivity index (χ0) is 22.1. The molecule has 0 spiro atoms. The van der Waals surface area contributed by atoms with Gasteiger partial charge in [-0.3, -0.25) is 0 Å². The van der Waals surface area contributed by atoms with Gasteiger partial charge in [0.2, 0.25) is 6.79 Å². The van der Waals surface area contributed by atoms with E-state index in [1.807, 2.05) is 61.2 Å². The number of anilines is 2. The Bertz CT molecular complexity index is 1140. The van der Waals surface area contributed by atoms with Crippen LogP contribution in [-0.4, -0.2) is 54.1 Å².